The van der Waals surface area contributed by atoms with Crippen molar-refractivity contribution in [1.82, 2.24) is 14.9 Å². The van der Waals surface area contributed by atoms with Gasteiger partial charge in [-0.25, -0.2) is 13.2 Å². The molecule has 0 amide bonds. The normalized spacial score (nSPS) is 24.7. The molecule has 3 fully saturated rings. The van der Waals surface area contributed by atoms with E-state index in [0.717, 1.165) is 56.4 Å². The second-order valence-electron chi connectivity index (χ2n) is 12.7. The van der Waals surface area contributed by atoms with Crippen molar-refractivity contribution < 1.29 is 22.6 Å². The first-order chi connectivity index (χ1) is 21.8. The van der Waals surface area contributed by atoms with Crippen molar-refractivity contribution in [3.05, 3.63) is 39.2 Å². The van der Waals surface area contributed by atoms with E-state index in [9.17, 15) is 14.0 Å². The molecule has 3 unspecified atom stereocenters. The first-order valence-corrected chi connectivity index (χ1v) is 16.7. The van der Waals surface area contributed by atoms with E-state index >= 15 is 4.39 Å². The van der Waals surface area contributed by atoms with Gasteiger partial charge in [0.15, 0.2) is 11.6 Å². The quantitative estimate of drug-likeness (QED) is 0.223. The fourth-order valence-corrected chi connectivity index (χ4v) is 9.33. The zero-order chi connectivity index (χ0) is 31.0. The lowest BCUT2D eigenvalue weighted by atomic mass is 9.95. The van der Waals surface area contributed by atoms with Crippen LogP contribution in [-0.2, 0) is 0 Å². The summed E-state index contributed by atoms with van der Waals surface area (Å²) in [6, 6.07) is 4.89. The SMILES string of the molecule is Cc1sc2c(F)ccc(-c3c(Cl)c4c5c(nc(OCC67CCCN6CC(F)C7)nc5c3F)N3CCCCCC3CO4)c2c1C#N. The molecule has 4 aromatic rings. The number of aromatic nitrogens is 2. The third-order valence-electron chi connectivity index (χ3n) is 10.1. The highest BCUT2D eigenvalue weighted by Crippen LogP contribution is 2.51. The lowest BCUT2D eigenvalue weighted by Crippen LogP contribution is -2.43. The number of rotatable bonds is 4. The highest BCUT2D eigenvalue weighted by molar-refractivity contribution is 7.19. The van der Waals surface area contributed by atoms with Crippen molar-refractivity contribution in [3.8, 4) is 29.0 Å². The van der Waals surface area contributed by atoms with Crippen LogP contribution in [-0.4, -0.2) is 65.5 Å². The van der Waals surface area contributed by atoms with Gasteiger partial charge in [0.1, 0.15) is 42.6 Å². The third kappa shape index (κ3) is 4.47. The van der Waals surface area contributed by atoms with Gasteiger partial charge >= 0.3 is 6.01 Å². The summed E-state index contributed by atoms with van der Waals surface area (Å²) in [6.45, 7) is 4.18. The number of nitriles is 1. The lowest BCUT2D eigenvalue weighted by Gasteiger charge is -2.31. The maximum Gasteiger partial charge on any atom is 0.319 e. The highest BCUT2D eigenvalue weighted by atomic mass is 35.5. The molecule has 2 aromatic heterocycles. The van der Waals surface area contributed by atoms with E-state index in [1.165, 1.54) is 12.1 Å². The van der Waals surface area contributed by atoms with Gasteiger partial charge in [0, 0.05) is 35.3 Å². The predicted molar refractivity (Wildman–Crippen MR) is 168 cm³/mol. The minimum absolute atomic E-state index is 0.0113. The smallest absolute Gasteiger partial charge is 0.319 e. The summed E-state index contributed by atoms with van der Waals surface area (Å²) < 4.78 is 59.5. The number of nitrogens with zero attached hydrogens (tertiary/aromatic N) is 5. The van der Waals surface area contributed by atoms with Crippen LogP contribution >= 0.6 is 22.9 Å². The van der Waals surface area contributed by atoms with E-state index < -0.39 is 23.3 Å². The summed E-state index contributed by atoms with van der Waals surface area (Å²) in [4.78, 5) is 14.4. The number of hydrogen-bond acceptors (Lipinski definition) is 8. The standard InChI is InChI=1S/C33H31ClF3N5O2S/c1-17-21(13-38)23-20(7-8-22(36)30(23)45-17)24-26(34)29-25-28(27(24)37)39-32(44-16-33-9-5-10-41(33)14-18(35)12-33)40-31(25)42-11-4-2-3-6-19(42)15-43-29/h7-8,18-19H,2-6,9-12,14-16H2,1H3. The molecule has 2 aromatic carbocycles. The van der Waals surface area contributed by atoms with Crippen LogP contribution in [0.1, 0.15) is 55.4 Å². The molecule has 234 valence electrons. The summed E-state index contributed by atoms with van der Waals surface area (Å²) in [6.07, 6.45) is 5.16. The Labute approximate surface area is 267 Å². The number of benzene rings is 2. The summed E-state index contributed by atoms with van der Waals surface area (Å²) in [5.41, 5.74) is 0.101. The van der Waals surface area contributed by atoms with Crippen LogP contribution in [0, 0.1) is 29.9 Å². The number of anilines is 1. The number of halogens is 4. The van der Waals surface area contributed by atoms with E-state index in [-0.39, 0.29) is 50.8 Å². The average molecular weight is 654 g/mol. The lowest BCUT2D eigenvalue weighted by molar-refractivity contribution is 0.107. The van der Waals surface area contributed by atoms with Crippen LogP contribution in [0.2, 0.25) is 5.02 Å². The molecule has 0 N–H and O–H groups in total. The summed E-state index contributed by atoms with van der Waals surface area (Å²) in [5, 5.41) is 10.7. The Bertz CT molecular complexity index is 1910. The van der Waals surface area contributed by atoms with Crippen LogP contribution in [0.3, 0.4) is 0 Å². The molecule has 4 aliphatic rings. The van der Waals surface area contributed by atoms with Crippen molar-refractivity contribution >= 4 is 49.7 Å². The average Bonchev–Trinajstić information content (AvgIpc) is 3.55. The van der Waals surface area contributed by atoms with E-state index in [4.69, 9.17) is 26.1 Å². The first kappa shape index (κ1) is 29.1. The Hall–Kier alpha value is -3.33. The van der Waals surface area contributed by atoms with Gasteiger partial charge in [0.25, 0.3) is 0 Å². The van der Waals surface area contributed by atoms with Crippen LogP contribution in [0.25, 0.3) is 32.1 Å². The molecule has 45 heavy (non-hydrogen) atoms. The van der Waals surface area contributed by atoms with Crippen LogP contribution < -0.4 is 14.4 Å². The van der Waals surface area contributed by atoms with Gasteiger partial charge < -0.3 is 14.4 Å². The summed E-state index contributed by atoms with van der Waals surface area (Å²) in [7, 11) is 0. The molecule has 6 heterocycles. The monoisotopic (exact) mass is 653 g/mol. The molecule has 0 spiro atoms. The first-order valence-electron chi connectivity index (χ1n) is 15.6. The van der Waals surface area contributed by atoms with Crippen molar-refractivity contribution in [2.45, 2.75) is 69.6 Å². The van der Waals surface area contributed by atoms with Gasteiger partial charge in [-0.2, -0.15) is 15.2 Å². The molecule has 0 aliphatic carbocycles. The Kier molecular flexibility index (Phi) is 7.04. The number of alkyl halides is 1. The van der Waals surface area contributed by atoms with Crippen molar-refractivity contribution in [3.63, 3.8) is 0 Å². The fourth-order valence-electron chi connectivity index (χ4n) is 7.96. The van der Waals surface area contributed by atoms with Crippen LogP contribution in [0.15, 0.2) is 12.1 Å². The number of thiophene rings is 1. The maximum absolute atomic E-state index is 17.1. The highest BCUT2D eigenvalue weighted by Gasteiger charge is 2.49. The van der Waals surface area contributed by atoms with Crippen LogP contribution in [0.5, 0.6) is 11.8 Å². The number of hydrogen-bond donors (Lipinski definition) is 0. The number of ether oxygens (including phenoxy) is 2. The fraction of sp³-hybridized carbons (Fsp3) is 0.485. The Morgan fingerprint density at radius 2 is 2.04 bits per heavy atom. The molecule has 3 saturated heterocycles. The maximum atomic E-state index is 17.1. The molecule has 0 radical (unpaired) electrons. The largest absolute Gasteiger partial charge is 0.489 e. The molecular formula is C33H31ClF3N5O2S. The zero-order valence-corrected chi connectivity index (χ0v) is 26.3. The third-order valence-corrected chi connectivity index (χ3v) is 11.6. The minimum Gasteiger partial charge on any atom is -0.489 e. The molecule has 12 heteroatoms. The van der Waals surface area contributed by atoms with E-state index in [1.807, 2.05) is 0 Å². The minimum atomic E-state index is -0.914. The topological polar surface area (TPSA) is 74.5 Å². The van der Waals surface area contributed by atoms with Crippen molar-refractivity contribution in [1.29, 1.82) is 5.26 Å². The Morgan fingerprint density at radius 3 is 2.89 bits per heavy atom. The van der Waals surface area contributed by atoms with Gasteiger partial charge in [0.05, 0.1) is 32.3 Å². The Morgan fingerprint density at radius 1 is 1.18 bits per heavy atom. The second kappa shape index (κ2) is 10.9. The Balaban J connectivity index is 1.35. The molecule has 4 aliphatic heterocycles. The molecule has 8 rings (SSSR count). The molecule has 0 saturated carbocycles. The van der Waals surface area contributed by atoms with Crippen molar-refractivity contribution in [2.75, 3.05) is 37.7 Å². The number of fused-ring (bicyclic) bond motifs is 4. The van der Waals surface area contributed by atoms with E-state index in [1.54, 1.807) is 6.92 Å². The van der Waals surface area contributed by atoms with Gasteiger partial charge in [-0.15, -0.1) is 11.3 Å². The summed E-state index contributed by atoms with van der Waals surface area (Å²) >= 11 is 8.20. The van der Waals surface area contributed by atoms with E-state index in [0.29, 0.717) is 53.1 Å². The number of aryl methyl sites for hydroxylation is 1. The predicted octanol–water partition coefficient (Wildman–Crippen LogP) is 7.72. The van der Waals surface area contributed by atoms with Gasteiger partial charge in [-0.1, -0.05) is 30.5 Å². The summed E-state index contributed by atoms with van der Waals surface area (Å²) in [5.74, 6) is -0.455. The van der Waals surface area contributed by atoms with Gasteiger partial charge in [-0.3, -0.25) is 4.90 Å². The second-order valence-corrected chi connectivity index (χ2v) is 14.3. The molecule has 0 bridgehead atoms. The zero-order valence-electron chi connectivity index (χ0n) is 24.8. The van der Waals surface area contributed by atoms with E-state index in [2.05, 4.69) is 20.9 Å². The van der Waals surface area contributed by atoms with Gasteiger partial charge in [-0.05, 0) is 50.8 Å². The van der Waals surface area contributed by atoms with Gasteiger partial charge in [0.2, 0.25) is 0 Å². The molecule has 3 atom stereocenters. The van der Waals surface area contributed by atoms with Crippen molar-refractivity contribution in [2.24, 2.45) is 0 Å². The molecular weight excluding hydrogens is 623 g/mol. The molecule has 7 nitrogen and oxygen atoms in total. The van der Waals surface area contributed by atoms with Crippen LogP contribution in [0.4, 0.5) is 19.0 Å².